The molecule has 1 aliphatic rings. The van der Waals surface area contributed by atoms with E-state index in [9.17, 15) is 0 Å². The van der Waals surface area contributed by atoms with E-state index in [4.69, 9.17) is 5.73 Å². The molecule has 0 radical (unpaired) electrons. The first-order valence-corrected chi connectivity index (χ1v) is 8.39. The number of nitrogens with two attached hydrogens (primary N) is 1. The van der Waals surface area contributed by atoms with E-state index >= 15 is 0 Å². The molecule has 0 aromatic carbocycles. The summed E-state index contributed by atoms with van der Waals surface area (Å²) < 4.78 is 0. The smallest absolute Gasteiger partial charge is 0.0218 e. The summed E-state index contributed by atoms with van der Waals surface area (Å²) in [5.41, 5.74) is 6.02. The van der Waals surface area contributed by atoms with Gasteiger partial charge in [-0.2, -0.15) is 0 Å². The molecule has 1 saturated carbocycles. The molecule has 19 heavy (non-hydrogen) atoms. The van der Waals surface area contributed by atoms with Gasteiger partial charge in [-0.05, 0) is 49.0 Å². The molecule has 3 unspecified atom stereocenters. The van der Waals surface area contributed by atoms with Crippen molar-refractivity contribution < 1.29 is 0 Å². The predicted octanol–water partition coefficient (Wildman–Crippen LogP) is 3.66. The van der Waals surface area contributed by atoms with Gasteiger partial charge in [-0.3, -0.25) is 0 Å². The van der Waals surface area contributed by atoms with Crippen LogP contribution in [0, 0.1) is 29.6 Å². The lowest BCUT2D eigenvalue weighted by molar-refractivity contribution is 0.201. The van der Waals surface area contributed by atoms with Crippen molar-refractivity contribution in [2.45, 2.75) is 66.3 Å². The van der Waals surface area contributed by atoms with Crippen LogP contribution < -0.4 is 11.1 Å². The van der Waals surface area contributed by atoms with Gasteiger partial charge in [-0.25, -0.2) is 0 Å². The molecular formula is C17H36N2. The van der Waals surface area contributed by atoms with Gasteiger partial charge in [0.15, 0.2) is 0 Å². The van der Waals surface area contributed by atoms with Crippen molar-refractivity contribution in [3.63, 3.8) is 0 Å². The maximum Gasteiger partial charge on any atom is 0.0218 e. The van der Waals surface area contributed by atoms with Crippen LogP contribution >= 0.6 is 0 Å². The first-order chi connectivity index (χ1) is 8.95. The normalized spacial score (nSPS) is 26.4. The third-order valence-corrected chi connectivity index (χ3v) is 5.13. The molecule has 114 valence electrons. The molecular weight excluding hydrogens is 232 g/mol. The van der Waals surface area contributed by atoms with Crippen molar-refractivity contribution in [2.24, 2.45) is 35.3 Å². The molecule has 2 heteroatoms. The Hall–Kier alpha value is -0.0800. The van der Waals surface area contributed by atoms with Gasteiger partial charge < -0.3 is 11.1 Å². The van der Waals surface area contributed by atoms with Crippen LogP contribution in [0.4, 0.5) is 0 Å². The molecule has 3 N–H and O–H groups in total. The van der Waals surface area contributed by atoms with Crippen LogP contribution in [0.25, 0.3) is 0 Å². The minimum absolute atomic E-state index is 0.530. The molecule has 0 saturated heterocycles. The average Bonchev–Trinajstić information content (AvgIpc) is 2.33. The molecule has 0 amide bonds. The lowest BCUT2D eigenvalue weighted by Crippen LogP contribution is -2.46. The summed E-state index contributed by atoms with van der Waals surface area (Å²) in [6, 6.07) is 0.530. The summed E-state index contributed by atoms with van der Waals surface area (Å²) in [5.74, 6) is 3.94. The molecule has 0 bridgehead atoms. The Labute approximate surface area is 120 Å². The Balaban J connectivity index is 2.47. The van der Waals surface area contributed by atoms with Crippen molar-refractivity contribution in [1.82, 2.24) is 5.32 Å². The highest BCUT2D eigenvalue weighted by atomic mass is 14.9. The Morgan fingerprint density at radius 2 is 1.74 bits per heavy atom. The lowest BCUT2D eigenvalue weighted by Gasteiger charge is -2.35. The van der Waals surface area contributed by atoms with Crippen LogP contribution in [0.2, 0.25) is 0 Å². The maximum absolute atomic E-state index is 6.02. The summed E-state index contributed by atoms with van der Waals surface area (Å²) in [4.78, 5) is 0. The van der Waals surface area contributed by atoms with Gasteiger partial charge in [0, 0.05) is 12.6 Å². The van der Waals surface area contributed by atoms with Crippen LogP contribution in [0.5, 0.6) is 0 Å². The van der Waals surface area contributed by atoms with Crippen LogP contribution in [-0.4, -0.2) is 19.1 Å². The predicted molar refractivity (Wildman–Crippen MR) is 85.1 cm³/mol. The van der Waals surface area contributed by atoms with E-state index in [1.165, 1.54) is 25.7 Å². The highest BCUT2D eigenvalue weighted by Crippen LogP contribution is 2.31. The van der Waals surface area contributed by atoms with Crippen LogP contribution in [0.1, 0.15) is 60.3 Å². The molecule has 0 aliphatic heterocycles. The molecule has 2 nitrogen and oxygen atoms in total. The van der Waals surface area contributed by atoms with Gasteiger partial charge in [0.25, 0.3) is 0 Å². The summed E-state index contributed by atoms with van der Waals surface area (Å²) in [7, 11) is 0. The van der Waals surface area contributed by atoms with E-state index in [-0.39, 0.29) is 0 Å². The Bertz CT molecular complexity index is 229. The fraction of sp³-hybridized carbons (Fsp3) is 1.00. The van der Waals surface area contributed by atoms with Crippen molar-refractivity contribution in [3.8, 4) is 0 Å². The summed E-state index contributed by atoms with van der Waals surface area (Å²) in [5, 5.41) is 3.80. The van der Waals surface area contributed by atoms with E-state index in [1.807, 2.05) is 0 Å². The Kier molecular flexibility index (Phi) is 7.38. The fourth-order valence-corrected chi connectivity index (χ4v) is 3.82. The zero-order chi connectivity index (χ0) is 14.4. The summed E-state index contributed by atoms with van der Waals surface area (Å²) in [6.45, 7) is 13.7. The number of hydrogen-bond acceptors (Lipinski definition) is 2. The highest BCUT2D eigenvalue weighted by Gasteiger charge is 2.27. The van der Waals surface area contributed by atoms with E-state index in [2.05, 4.69) is 39.9 Å². The largest absolute Gasteiger partial charge is 0.329 e. The molecule has 1 fully saturated rings. The van der Waals surface area contributed by atoms with E-state index < -0.39 is 0 Å². The number of hydrogen-bond donors (Lipinski definition) is 2. The van der Waals surface area contributed by atoms with Crippen molar-refractivity contribution in [2.75, 3.05) is 13.1 Å². The molecule has 0 spiro atoms. The monoisotopic (exact) mass is 268 g/mol. The second-order valence-electron chi connectivity index (χ2n) is 7.43. The van der Waals surface area contributed by atoms with Crippen LogP contribution in [0.3, 0.4) is 0 Å². The molecule has 0 aromatic heterocycles. The quantitative estimate of drug-likeness (QED) is 0.739. The van der Waals surface area contributed by atoms with Gasteiger partial charge >= 0.3 is 0 Å². The number of nitrogens with one attached hydrogen (secondary N) is 1. The average molecular weight is 268 g/mol. The molecule has 0 heterocycles. The van der Waals surface area contributed by atoms with Gasteiger partial charge in [0.05, 0.1) is 0 Å². The fourth-order valence-electron chi connectivity index (χ4n) is 3.82. The summed E-state index contributed by atoms with van der Waals surface area (Å²) >= 11 is 0. The van der Waals surface area contributed by atoms with Gasteiger partial charge in [0.1, 0.15) is 0 Å². The van der Waals surface area contributed by atoms with Crippen LogP contribution in [0.15, 0.2) is 0 Å². The third kappa shape index (κ3) is 5.43. The van der Waals surface area contributed by atoms with Crippen molar-refractivity contribution in [3.05, 3.63) is 0 Å². The minimum Gasteiger partial charge on any atom is -0.329 e. The van der Waals surface area contributed by atoms with Crippen molar-refractivity contribution in [1.29, 1.82) is 0 Å². The zero-order valence-electron chi connectivity index (χ0n) is 13.8. The lowest BCUT2D eigenvalue weighted by atomic mass is 9.78. The first-order valence-electron chi connectivity index (χ1n) is 8.39. The third-order valence-electron chi connectivity index (χ3n) is 5.13. The van der Waals surface area contributed by atoms with Crippen LogP contribution in [-0.2, 0) is 0 Å². The standard InChI is InChI=1S/C17H36N2/c1-12(2)16(13(3)4)11-19-17(10-18)15-8-6-7-14(5)9-15/h12-17,19H,6-11,18H2,1-5H3. The second kappa shape index (κ2) is 8.26. The zero-order valence-corrected chi connectivity index (χ0v) is 13.8. The van der Waals surface area contributed by atoms with E-state index in [0.29, 0.717) is 6.04 Å². The molecule has 3 atom stereocenters. The first kappa shape index (κ1) is 17.0. The summed E-state index contributed by atoms with van der Waals surface area (Å²) in [6.07, 6.45) is 5.53. The topological polar surface area (TPSA) is 38.0 Å². The minimum atomic E-state index is 0.530. The van der Waals surface area contributed by atoms with Crippen molar-refractivity contribution >= 4 is 0 Å². The Morgan fingerprint density at radius 3 is 2.21 bits per heavy atom. The molecule has 0 aromatic rings. The van der Waals surface area contributed by atoms with Gasteiger partial charge in [-0.1, -0.05) is 47.5 Å². The second-order valence-corrected chi connectivity index (χ2v) is 7.43. The number of rotatable bonds is 7. The maximum atomic E-state index is 6.02. The SMILES string of the molecule is CC1CCCC(C(CN)NCC(C(C)C)C(C)C)C1. The van der Waals surface area contributed by atoms with E-state index in [1.54, 1.807) is 0 Å². The molecule has 1 aliphatic carbocycles. The molecule has 1 rings (SSSR count). The highest BCUT2D eigenvalue weighted by molar-refractivity contribution is 4.83. The van der Waals surface area contributed by atoms with E-state index in [0.717, 1.165) is 42.7 Å². The van der Waals surface area contributed by atoms with Gasteiger partial charge in [-0.15, -0.1) is 0 Å². The Morgan fingerprint density at radius 1 is 1.11 bits per heavy atom. The van der Waals surface area contributed by atoms with Gasteiger partial charge in [0.2, 0.25) is 0 Å².